The molecule has 3 saturated heterocycles. The van der Waals surface area contributed by atoms with E-state index in [4.69, 9.17) is 10.00 Å². The van der Waals surface area contributed by atoms with Gasteiger partial charge in [-0.1, -0.05) is 11.3 Å². The average molecular weight is 368 g/mol. The highest BCUT2D eigenvalue weighted by Gasteiger charge is 2.40. The Bertz CT molecular complexity index is 832. The van der Waals surface area contributed by atoms with Gasteiger partial charge >= 0.3 is 0 Å². The quantitative estimate of drug-likeness (QED) is 0.897. The van der Waals surface area contributed by atoms with Gasteiger partial charge < -0.3 is 10.1 Å². The van der Waals surface area contributed by atoms with E-state index in [-0.39, 0.29) is 11.9 Å². The van der Waals surface area contributed by atoms with Crippen molar-refractivity contribution in [2.45, 2.75) is 31.8 Å². The number of nitrogens with one attached hydrogen (secondary N) is 1. The van der Waals surface area contributed by atoms with Crippen LogP contribution in [0.1, 0.15) is 35.1 Å². The van der Waals surface area contributed by atoms with Gasteiger partial charge in [-0.3, -0.25) is 9.69 Å². The lowest BCUT2D eigenvalue weighted by Gasteiger charge is -2.49. The van der Waals surface area contributed by atoms with Crippen LogP contribution in [-0.2, 0) is 0 Å². The average Bonchev–Trinajstić information content (AvgIpc) is 3.13. The van der Waals surface area contributed by atoms with Crippen molar-refractivity contribution < 1.29 is 9.53 Å². The zero-order valence-corrected chi connectivity index (χ0v) is 15.3. The first-order valence-corrected chi connectivity index (χ1v) is 9.64. The molecular weight excluding hydrogens is 348 g/mol. The molecular formula is C19H20N4O2S. The molecule has 0 saturated carbocycles. The number of fused-ring (bicyclic) bond motifs is 3. The van der Waals surface area contributed by atoms with E-state index in [0.717, 1.165) is 13.1 Å². The third-order valence-electron chi connectivity index (χ3n) is 5.39. The van der Waals surface area contributed by atoms with E-state index in [9.17, 15) is 4.79 Å². The maximum absolute atomic E-state index is 12.6. The number of hydrogen-bond acceptors (Lipinski definition) is 6. The number of nitrogens with zero attached hydrogens (tertiary/aromatic N) is 3. The van der Waals surface area contributed by atoms with Gasteiger partial charge in [0.05, 0.1) is 6.20 Å². The second-order valence-corrected chi connectivity index (χ2v) is 7.83. The number of benzene rings is 1. The largest absolute Gasteiger partial charge is 0.445 e. The SMILES string of the molecule is C[C@H]1[C@H](NC(=O)c2ccc(Oc3cnc(C#N)s3)cc2)C2CCN1CC2. The fourth-order valence-electron chi connectivity index (χ4n) is 3.93. The van der Waals surface area contributed by atoms with Crippen molar-refractivity contribution in [2.24, 2.45) is 5.92 Å². The second kappa shape index (κ2) is 7.06. The molecule has 1 aromatic heterocycles. The number of aromatic nitrogens is 1. The lowest BCUT2D eigenvalue weighted by atomic mass is 9.79. The molecule has 3 fully saturated rings. The molecule has 2 bridgehead atoms. The van der Waals surface area contributed by atoms with Gasteiger partial charge in [-0.2, -0.15) is 5.26 Å². The predicted molar refractivity (Wildman–Crippen MR) is 98.4 cm³/mol. The summed E-state index contributed by atoms with van der Waals surface area (Å²) in [5, 5.41) is 13.0. The molecule has 1 amide bonds. The fourth-order valence-corrected chi connectivity index (χ4v) is 4.51. The van der Waals surface area contributed by atoms with Crippen LogP contribution in [0.2, 0.25) is 0 Å². The summed E-state index contributed by atoms with van der Waals surface area (Å²) >= 11 is 1.19. The third-order valence-corrected chi connectivity index (χ3v) is 6.17. The van der Waals surface area contributed by atoms with Crippen LogP contribution in [-0.4, -0.2) is 41.0 Å². The van der Waals surface area contributed by atoms with Crippen molar-refractivity contribution in [1.82, 2.24) is 15.2 Å². The number of hydrogen-bond donors (Lipinski definition) is 1. The molecule has 4 heterocycles. The van der Waals surface area contributed by atoms with Crippen LogP contribution in [0.4, 0.5) is 0 Å². The first-order chi connectivity index (χ1) is 12.6. The summed E-state index contributed by atoms with van der Waals surface area (Å²) in [6.07, 6.45) is 3.86. The molecule has 0 unspecified atom stereocenters. The zero-order valence-electron chi connectivity index (χ0n) is 14.5. The highest BCUT2D eigenvalue weighted by atomic mass is 32.1. The fraction of sp³-hybridized carbons (Fsp3) is 0.421. The Hall–Kier alpha value is -2.43. The van der Waals surface area contributed by atoms with Crippen LogP contribution in [0.5, 0.6) is 10.8 Å². The molecule has 2 atom stereocenters. The van der Waals surface area contributed by atoms with Gasteiger partial charge in [0.1, 0.15) is 11.8 Å². The lowest BCUT2D eigenvalue weighted by molar-refractivity contribution is 0.0217. The van der Waals surface area contributed by atoms with Gasteiger partial charge in [-0.05, 0) is 63.0 Å². The van der Waals surface area contributed by atoms with Gasteiger partial charge in [0.2, 0.25) is 5.06 Å². The Labute approximate surface area is 156 Å². The first kappa shape index (κ1) is 17.0. The topological polar surface area (TPSA) is 78.2 Å². The normalized spacial score (nSPS) is 26.9. The molecule has 1 aromatic carbocycles. The van der Waals surface area contributed by atoms with Crippen LogP contribution < -0.4 is 10.1 Å². The minimum Gasteiger partial charge on any atom is -0.445 e. The predicted octanol–water partition coefficient (Wildman–Crippen LogP) is 3.02. The summed E-state index contributed by atoms with van der Waals surface area (Å²) in [5.41, 5.74) is 0.628. The number of amides is 1. The maximum Gasteiger partial charge on any atom is 0.251 e. The zero-order chi connectivity index (χ0) is 18.1. The van der Waals surface area contributed by atoms with E-state index in [1.807, 2.05) is 6.07 Å². The van der Waals surface area contributed by atoms with E-state index in [0.29, 0.717) is 33.3 Å². The maximum atomic E-state index is 12.6. The van der Waals surface area contributed by atoms with Gasteiger partial charge in [0, 0.05) is 17.6 Å². The van der Waals surface area contributed by atoms with Gasteiger partial charge in [-0.15, -0.1) is 0 Å². The van der Waals surface area contributed by atoms with Crippen LogP contribution in [0.15, 0.2) is 30.5 Å². The molecule has 2 aromatic rings. The summed E-state index contributed by atoms with van der Waals surface area (Å²) in [5.74, 6) is 1.17. The summed E-state index contributed by atoms with van der Waals surface area (Å²) < 4.78 is 5.67. The van der Waals surface area contributed by atoms with Crippen molar-refractivity contribution in [3.63, 3.8) is 0 Å². The highest BCUT2D eigenvalue weighted by Crippen LogP contribution is 2.32. The van der Waals surface area contributed by atoms with Crippen LogP contribution in [0.3, 0.4) is 0 Å². The highest BCUT2D eigenvalue weighted by molar-refractivity contribution is 7.13. The smallest absolute Gasteiger partial charge is 0.251 e. The molecule has 0 radical (unpaired) electrons. The van der Waals surface area contributed by atoms with Crippen LogP contribution in [0, 0.1) is 17.2 Å². The molecule has 3 aliphatic heterocycles. The van der Waals surface area contributed by atoms with E-state index in [1.165, 1.54) is 30.4 Å². The van der Waals surface area contributed by atoms with Gasteiger partial charge in [0.25, 0.3) is 5.91 Å². The van der Waals surface area contributed by atoms with Crippen molar-refractivity contribution in [3.05, 3.63) is 41.0 Å². The molecule has 134 valence electrons. The minimum atomic E-state index is -0.0355. The number of thiazole rings is 1. The van der Waals surface area contributed by atoms with E-state index >= 15 is 0 Å². The van der Waals surface area contributed by atoms with Crippen molar-refractivity contribution in [2.75, 3.05) is 13.1 Å². The number of rotatable bonds is 4. The van der Waals surface area contributed by atoms with Gasteiger partial charge in [0.15, 0.2) is 5.01 Å². The van der Waals surface area contributed by atoms with Crippen molar-refractivity contribution in [3.8, 4) is 16.9 Å². The number of nitriles is 1. The Morgan fingerprint density at radius 1 is 1.35 bits per heavy atom. The van der Waals surface area contributed by atoms with Crippen LogP contribution >= 0.6 is 11.3 Å². The van der Waals surface area contributed by atoms with Crippen molar-refractivity contribution in [1.29, 1.82) is 5.26 Å². The number of carbonyl (C=O) groups excluding carboxylic acids is 1. The molecule has 0 aliphatic carbocycles. The van der Waals surface area contributed by atoms with E-state index < -0.39 is 0 Å². The van der Waals surface area contributed by atoms with Crippen molar-refractivity contribution >= 4 is 17.2 Å². The van der Waals surface area contributed by atoms with Crippen LogP contribution in [0.25, 0.3) is 0 Å². The lowest BCUT2D eigenvalue weighted by Crippen LogP contribution is -2.62. The number of piperidine rings is 3. The second-order valence-electron chi connectivity index (χ2n) is 6.84. The summed E-state index contributed by atoms with van der Waals surface area (Å²) in [7, 11) is 0. The standard InChI is InChI=1S/C19H20N4O2S/c1-12-18(13-6-8-23(12)9-7-13)22-19(24)14-2-4-15(5-3-14)25-17-11-21-16(10-20)26-17/h2-5,11-13,18H,6-9H2,1H3,(H,22,24)/t12-,18-/m0/s1. The number of carbonyl (C=O) groups is 1. The molecule has 1 N–H and O–H groups in total. The molecule has 26 heavy (non-hydrogen) atoms. The van der Waals surface area contributed by atoms with E-state index in [2.05, 4.69) is 22.1 Å². The number of ether oxygens (including phenoxy) is 1. The third kappa shape index (κ3) is 3.30. The Morgan fingerprint density at radius 2 is 2.08 bits per heavy atom. The summed E-state index contributed by atoms with van der Waals surface area (Å²) in [4.78, 5) is 19.0. The first-order valence-electron chi connectivity index (χ1n) is 8.83. The molecule has 3 aliphatic rings. The Morgan fingerprint density at radius 3 is 2.69 bits per heavy atom. The summed E-state index contributed by atoms with van der Waals surface area (Å²) in [6.45, 7) is 4.50. The van der Waals surface area contributed by atoms with Gasteiger partial charge in [-0.25, -0.2) is 4.98 Å². The Balaban J connectivity index is 1.40. The molecule has 6 nitrogen and oxygen atoms in total. The Kier molecular flexibility index (Phi) is 4.62. The van der Waals surface area contributed by atoms with E-state index in [1.54, 1.807) is 24.3 Å². The minimum absolute atomic E-state index is 0.0355. The monoisotopic (exact) mass is 368 g/mol. The molecule has 5 rings (SSSR count). The molecule has 7 heteroatoms. The summed E-state index contributed by atoms with van der Waals surface area (Å²) in [6, 6.07) is 9.67. The molecule has 0 spiro atoms.